The molecule has 24 heavy (non-hydrogen) atoms. The second kappa shape index (κ2) is 8.18. The Morgan fingerprint density at radius 2 is 1.75 bits per heavy atom. The van der Waals surface area contributed by atoms with Gasteiger partial charge in [0.1, 0.15) is 11.6 Å². The standard InChI is InChI=1S/C17H14F2INO3/c1-24-16(22)9-15(10-2-4-11(18)5-3-10)21-17(23)13-7-6-12(19)8-14(13)20/h2-8,15H,9H2,1H3,(H,21,23). The van der Waals surface area contributed by atoms with Crippen molar-refractivity contribution >= 4 is 34.5 Å². The van der Waals surface area contributed by atoms with E-state index in [4.69, 9.17) is 0 Å². The van der Waals surface area contributed by atoms with Crippen molar-refractivity contribution < 1.29 is 23.1 Å². The summed E-state index contributed by atoms with van der Waals surface area (Å²) in [5, 5.41) is 2.71. The van der Waals surface area contributed by atoms with E-state index in [1.807, 2.05) is 22.6 Å². The molecule has 1 amide bonds. The van der Waals surface area contributed by atoms with E-state index in [0.717, 1.165) is 0 Å². The molecule has 2 aromatic carbocycles. The minimum Gasteiger partial charge on any atom is -0.469 e. The van der Waals surface area contributed by atoms with Crippen molar-refractivity contribution in [1.82, 2.24) is 5.32 Å². The Hall–Kier alpha value is -2.03. The summed E-state index contributed by atoms with van der Waals surface area (Å²) in [4.78, 5) is 24.0. The molecule has 7 heteroatoms. The molecule has 0 bridgehead atoms. The first kappa shape index (κ1) is 18.3. The fourth-order valence-electron chi connectivity index (χ4n) is 2.11. The third-order valence-corrected chi connectivity index (χ3v) is 4.24. The maximum Gasteiger partial charge on any atom is 0.307 e. The Morgan fingerprint density at radius 1 is 1.12 bits per heavy atom. The largest absolute Gasteiger partial charge is 0.469 e. The van der Waals surface area contributed by atoms with E-state index in [1.165, 1.54) is 49.6 Å². The molecule has 0 radical (unpaired) electrons. The molecule has 2 aromatic rings. The number of ether oxygens (including phenoxy) is 1. The Kier molecular flexibility index (Phi) is 6.24. The van der Waals surface area contributed by atoms with Crippen molar-refractivity contribution in [2.24, 2.45) is 0 Å². The van der Waals surface area contributed by atoms with Gasteiger partial charge in [0.15, 0.2) is 0 Å². The van der Waals surface area contributed by atoms with Crippen LogP contribution in [0.3, 0.4) is 0 Å². The lowest BCUT2D eigenvalue weighted by atomic mass is 10.0. The minimum absolute atomic E-state index is 0.106. The molecule has 0 fully saturated rings. The van der Waals surface area contributed by atoms with Crippen molar-refractivity contribution in [3.05, 3.63) is 68.8 Å². The van der Waals surface area contributed by atoms with Crippen LogP contribution in [0.25, 0.3) is 0 Å². The van der Waals surface area contributed by atoms with Gasteiger partial charge in [-0.1, -0.05) is 12.1 Å². The lowest BCUT2D eigenvalue weighted by Crippen LogP contribution is -2.31. The molecule has 0 saturated carbocycles. The predicted molar refractivity (Wildman–Crippen MR) is 92.4 cm³/mol. The first-order valence-corrected chi connectivity index (χ1v) is 8.06. The van der Waals surface area contributed by atoms with Crippen molar-refractivity contribution in [1.29, 1.82) is 0 Å². The van der Waals surface area contributed by atoms with Gasteiger partial charge >= 0.3 is 5.97 Å². The number of methoxy groups -OCH3 is 1. The molecule has 0 aliphatic carbocycles. The molecule has 0 aliphatic rings. The van der Waals surface area contributed by atoms with Gasteiger partial charge in [0.05, 0.1) is 25.1 Å². The molecular formula is C17H14F2INO3. The quantitative estimate of drug-likeness (QED) is 0.566. The zero-order valence-electron chi connectivity index (χ0n) is 12.7. The van der Waals surface area contributed by atoms with Crippen LogP contribution in [0.1, 0.15) is 28.4 Å². The molecular weight excluding hydrogens is 431 g/mol. The maximum absolute atomic E-state index is 13.2. The highest BCUT2D eigenvalue weighted by atomic mass is 127. The monoisotopic (exact) mass is 445 g/mol. The molecule has 2 rings (SSSR count). The summed E-state index contributed by atoms with van der Waals surface area (Å²) in [6, 6.07) is 8.56. The van der Waals surface area contributed by atoms with Crippen molar-refractivity contribution in [3.8, 4) is 0 Å². The minimum atomic E-state index is -0.689. The van der Waals surface area contributed by atoms with Crippen LogP contribution in [-0.2, 0) is 9.53 Å². The molecule has 126 valence electrons. The second-order valence-corrected chi connectivity index (χ2v) is 6.14. The molecule has 0 aromatic heterocycles. The number of rotatable bonds is 5. The van der Waals surface area contributed by atoms with Crippen LogP contribution in [-0.4, -0.2) is 19.0 Å². The van der Waals surface area contributed by atoms with E-state index in [1.54, 1.807) is 0 Å². The molecule has 1 atom stereocenters. The highest BCUT2D eigenvalue weighted by Gasteiger charge is 2.21. The van der Waals surface area contributed by atoms with Gasteiger partial charge in [-0.25, -0.2) is 8.78 Å². The second-order valence-electron chi connectivity index (χ2n) is 4.98. The highest BCUT2D eigenvalue weighted by Crippen LogP contribution is 2.20. The van der Waals surface area contributed by atoms with Crippen LogP contribution in [0.15, 0.2) is 42.5 Å². The first-order chi connectivity index (χ1) is 11.4. The average molecular weight is 445 g/mol. The number of hydrogen-bond donors (Lipinski definition) is 1. The average Bonchev–Trinajstić information content (AvgIpc) is 2.54. The van der Waals surface area contributed by atoms with Crippen LogP contribution >= 0.6 is 22.6 Å². The summed E-state index contributed by atoms with van der Waals surface area (Å²) >= 11 is 1.86. The first-order valence-electron chi connectivity index (χ1n) is 6.99. The van der Waals surface area contributed by atoms with Crippen LogP contribution in [0.2, 0.25) is 0 Å². The SMILES string of the molecule is COC(=O)CC(NC(=O)c1ccc(F)cc1I)c1ccc(F)cc1. The number of amides is 1. The number of benzene rings is 2. The summed E-state index contributed by atoms with van der Waals surface area (Å²) in [5.41, 5.74) is 0.848. The van der Waals surface area contributed by atoms with Crippen molar-refractivity contribution in [2.75, 3.05) is 7.11 Å². The normalized spacial score (nSPS) is 11.7. The van der Waals surface area contributed by atoms with Gasteiger partial charge in [0.25, 0.3) is 5.91 Å². The number of nitrogens with one attached hydrogen (secondary N) is 1. The Morgan fingerprint density at radius 3 is 2.33 bits per heavy atom. The van der Waals surface area contributed by atoms with E-state index in [9.17, 15) is 18.4 Å². The Bertz CT molecular complexity index is 750. The smallest absolute Gasteiger partial charge is 0.307 e. The number of carbonyl (C=O) groups excluding carboxylic acids is 2. The Balaban J connectivity index is 2.25. The van der Waals surface area contributed by atoms with Crippen LogP contribution < -0.4 is 5.32 Å². The van der Waals surface area contributed by atoms with Gasteiger partial charge in [0, 0.05) is 3.57 Å². The molecule has 1 N–H and O–H groups in total. The van der Waals surface area contributed by atoms with E-state index in [0.29, 0.717) is 9.13 Å². The van der Waals surface area contributed by atoms with Crippen LogP contribution in [0, 0.1) is 15.2 Å². The zero-order valence-corrected chi connectivity index (χ0v) is 14.8. The molecule has 1 unspecified atom stereocenters. The van der Waals surface area contributed by atoms with Crippen molar-refractivity contribution in [2.45, 2.75) is 12.5 Å². The van der Waals surface area contributed by atoms with Crippen molar-refractivity contribution in [3.63, 3.8) is 0 Å². The summed E-state index contributed by atoms with van der Waals surface area (Å²) in [6.45, 7) is 0. The van der Waals surface area contributed by atoms with Gasteiger partial charge in [0.2, 0.25) is 0 Å². The molecule has 0 saturated heterocycles. The lowest BCUT2D eigenvalue weighted by Gasteiger charge is -2.19. The molecule has 0 heterocycles. The molecule has 0 spiro atoms. The fourth-order valence-corrected chi connectivity index (χ4v) is 2.83. The van der Waals surface area contributed by atoms with E-state index in [2.05, 4.69) is 10.1 Å². The van der Waals surface area contributed by atoms with Crippen LogP contribution in [0.4, 0.5) is 8.78 Å². The van der Waals surface area contributed by atoms with E-state index >= 15 is 0 Å². The number of carbonyl (C=O) groups is 2. The number of hydrogen-bond acceptors (Lipinski definition) is 3. The summed E-state index contributed by atoms with van der Waals surface area (Å²) < 4.78 is 31.3. The Labute approximate surface area is 151 Å². The maximum atomic E-state index is 13.2. The highest BCUT2D eigenvalue weighted by molar-refractivity contribution is 14.1. The summed E-state index contributed by atoms with van der Waals surface area (Å²) in [6.07, 6.45) is -0.106. The summed E-state index contributed by atoms with van der Waals surface area (Å²) in [7, 11) is 1.24. The number of halogens is 3. The third kappa shape index (κ3) is 4.73. The van der Waals surface area contributed by atoms with E-state index in [-0.39, 0.29) is 12.0 Å². The van der Waals surface area contributed by atoms with E-state index < -0.39 is 29.6 Å². The fraction of sp³-hybridized carbons (Fsp3) is 0.176. The van der Waals surface area contributed by atoms with Gasteiger partial charge in [-0.2, -0.15) is 0 Å². The van der Waals surface area contributed by atoms with Crippen LogP contribution in [0.5, 0.6) is 0 Å². The van der Waals surface area contributed by atoms with Gasteiger partial charge in [-0.3, -0.25) is 9.59 Å². The lowest BCUT2D eigenvalue weighted by molar-refractivity contribution is -0.141. The van der Waals surface area contributed by atoms with Gasteiger partial charge in [-0.15, -0.1) is 0 Å². The molecule has 4 nitrogen and oxygen atoms in total. The number of esters is 1. The third-order valence-electron chi connectivity index (χ3n) is 3.35. The molecule has 0 aliphatic heterocycles. The van der Waals surface area contributed by atoms with Gasteiger partial charge in [-0.05, 0) is 58.5 Å². The predicted octanol–water partition coefficient (Wildman–Crippen LogP) is 3.60. The van der Waals surface area contributed by atoms with Gasteiger partial charge < -0.3 is 10.1 Å². The topological polar surface area (TPSA) is 55.4 Å². The summed E-state index contributed by atoms with van der Waals surface area (Å²) in [5.74, 6) is -1.84. The zero-order chi connectivity index (χ0) is 17.7.